The summed E-state index contributed by atoms with van der Waals surface area (Å²) in [4.78, 5) is 62.4. The summed E-state index contributed by atoms with van der Waals surface area (Å²) >= 11 is 0. The number of carbonyl (C=O) groups is 4. The van der Waals surface area contributed by atoms with E-state index in [0.29, 0.717) is 5.56 Å². The van der Waals surface area contributed by atoms with E-state index >= 15 is 0 Å². The van der Waals surface area contributed by atoms with Crippen LogP contribution in [0.2, 0.25) is 0 Å². The van der Waals surface area contributed by atoms with Crippen LogP contribution in [0.1, 0.15) is 26.3 Å². The molecular weight excluding hydrogens is 454 g/mol. The van der Waals surface area contributed by atoms with E-state index in [0.717, 1.165) is 11.0 Å². The SMILES string of the molecule is O=C(COC(=O)[C@@H](Cc1ccccc1)N1C(=O)c2ccccc2C1=O)Nc1cccc([N+](=O)[O-])c1. The maximum atomic E-state index is 13.0. The highest BCUT2D eigenvalue weighted by Gasteiger charge is 2.43. The van der Waals surface area contributed by atoms with E-state index in [1.165, 1.54) is 30.3 Å². The molecule has 176 valence electrons. The van der Waals surface area contributed by atoms with E-state index in [1.807, 2.05) is 0 Å². The van der Waals surface area contributed by atoms with Gasteiger partial charge in [-0.15, -0.1) is 0 Å². The maximum Gasteiger partial charge on any atom is 0.330 e. The number of imide groups is 1. The molecule has 4 rings (SSSR count). The van der Waals surface area contributed by atoms with Crippen molar-refractivity contribution in [1.82, 2.24) is 4.90 Å². The molecule has 0 unspecified atom stereocenters. The fourth-order valence-electron chi connectivity index (χ4n) is 3.74. The Morgan fingerprint density at radius 2 is 1.54 bits per heavy atom. The molecular formula is C25H19N3O7. The van der Waals surface area contributed by atoms with Gasteiger partial charge in [-0.2, -0.15) is 0 Å². The molecule has 0 aromatic heterocycles. The van der Waals surface area contributed by atoms with Crippen molar-refractivity contribution in [3.63, 3.8) is 0 Å². The number of nitrogens with zero attached hydrogens (tertiary/aromatic N) is 2. The Morgan fingerprint density at radius 1 is 0.914 bits per heavy atom. The molecule has 1 aliphatic rings. The first-order valence-corrected chi connectivity index (χ1v) is 10.6. The monoisotopic (exact) mass is 473 g/mol. The molecule has 1 atom stereocenters. The van der Waals surface area contributed by atoms with Crippen LogP contribution < -0.4 is 5.32 Å². The number of nitro groups is 1. The predicted octanol–water partition coefficient (Wildman–Crippen LogP) is 2.98. The van der Waals surface area contributed by atoms with Crippen molar-refractivity contribution in [1.29, 1.82) is 0 Å². The highest BCUT2D eigenvalue weighted by atomic mass is 16.6. The molecule has 35 heavy (non-hydrogen) atoms. The molecule has 0 spiro atoms. The first kappa shape index (κ1) is 23.3. The topological polar surface area (TPSA) is 136 Å². The van der Waals surface area contributed by atoms with E-state index in [-0.39, 0.29) is 28.9 Å². The zero-order valence-corrected chi connectivity index (χ0v) is 18.2. The average molecular weight is 473 g/mol. The minimum absolute atomic E-state index is 0.00234. The summed E-state index contributed by atoms with van der Waals surface area (Å²) in [6, 6.07) is 19.0. The quantitative estimate of drug-likeness (QED) is 0.230. The molecule has 0 radical (unpaired) electrons. The molecule has 0 saturated carbocycles. The first-order chi connectivity index (χ1) is 16.8. The maximum absolute atomic E-state index is 13.0. The fraction of sp³-hybridized carbons (Fsp3) is 0.120. The van der Waals surface area contributed by atoms with Gasteiger partial charge in [0.05, 0.1) is 16.1 Å². The summed E-state index contributed by atoms with van der Waals surface area (Å²) in [5, 5.41) is 13.3. The third-order valence-corrected chi connectivity index (χ3v) is 5.37. The van der Waals surface area contributed by atoms with Crippen molar-refractivity contribution in [2.75, 3.05) is 11.9 Å². The Kier molecular flexibility index (Phi) is 6.63. The van der Waals surface area contributed by atoms with Gasteiger partial charge in [-0.05, 0) is 23.8 Å². The van der Waals surface area contributed by atoms with E-state index in [4.69, 9.17) is 4.74 Å². The van der Waals surface area contributed by atoms with E-state index in [2.05, 4.69) is 5.32 Å². The number of hydrogen-bond acceptors (Lipinski definition) is 7. The Hall–Kier alpha value is -4.86. The molecule has 0 saturated heterocycles. The van der Waals surface area contributed by atoms with Crippen molar-refractivity contribution < 1.29 is 28.8 Å². The normalized spacial score (nSPS) is 13.2. The zero-order valence-electron chi connectivity index (χ0n) is 18.2. The van der Waals surface area contributed by atoms with Crippen LogP contribution in [0.4, 0.5) is 11.4 Å². The molecule has 10 heteroatoms. The Bertz CT molecular complexity index is 1290. The summed E-state index contributed by atoms with van der Waals surface area (Å²) in [5.74, 6) is -2.91. The summed E-state index contributed by atoms with van der Waals surface area (Å²) in [5.41, 5.74) is 1.00. The lowest BCUT2D eigenvalue weighted by molar-refractivity contribution is -0.384. The van der Waals surface area contributed by atoms with Crippen LogP contribution in [0.15, 0.2) is 78.9 Å². The lowest BCUT2D eigenvalue weighted by atomic mass is 10.0. The molecule has 1 N–H and O–H groups in total. The van der Waals surface area contributed by atoms with Crippen LogP contribution in [-0.4, -0.2) is 46.2 Å². The number of ether oxygens (including phenoxy) is 1. The highest BCUT2D eigenvalue weighted by molar-refractivity contribution is 6.22. The van der Waals surface area contributed by atoms with Gasteiger partial charge in [0.2, 0.25) is 0 Å². The van der Waals surface area contributed by atoms with Crippen LogP contribution in [0.3, 0.4) is 0 Å². The molecule has 10 nitrogen and oxygen atoms in total. The molecule has 3 amide bonds. The number of anilines is 1. The van der Waals surface area contributed by atoms with Gasteiger partial charge in [0.1, 0.15) is 6.04 Å². The number of fused-ring (bicyclic) bond motifs is 1. The Morgan fingerprint density at radius 3 is 2.17 bits per heavy atom. The van der Waals surface area contributed by atoms with Crippen molar-refractivity contribution >= 4 is 35.1 Å². The lowest BCUT2D eigenvalue weighted by Crippen LogP contribution is -2.47. The number of esters is 1. The van der Waals surface area contributed by atoms with Gasteiger partial charge in [-0.25, -0.2) is 4.79 Å². The van der Waals surface area contributed by atoms with Gasteiger partial charge in [-0.1, -0.05) is 48.5 Å². The van der Waals surface area contributed by atoms with E-state index in [9.17, 15) is 29.3 Å². The third-order valence-electron chi connectivity index (χ3n) is 5.37. The number of non-ortho nitro benzene ring substituents is 1. The second kappa shape index (κ2) is 9.96. The number of hydrogen-bond donors (Lipinski definition) is 1. The molecule has 1 aliphatic heterocycles. The second-order valence-electron chi connectivity index (χ2n) is 7.69. The molecule has 3 aromatic carbocycles. The average Bonchev–Trinajstić information content (AvgIpc) is 3.11. The fourth-order valence-corrected chi connectivity index (χ4v) is 3.74. The number of nitro benzene ring substituents is 1. The minimum Gasteiger partial charge on any atom is -0.454 e. The van der Waals surface area contributed by atoms with Gasteiger partial charge in [0, 0.05) is 24.2 Å². The molecule has 0 aliphatic carbocycles. The van der Waals surface area contributed by atoms with E-state index in [1.54, 1.807) is 42.5 Å². The van der Waals surface area contributed by atoms with Gasteiger partial charge in [0.15, 0.2) is 6.61 Å². The van der Waals surface area contributed by atoms with Crippen LogP contribution in [0.5, 0.6) is 0 Å². The van der Waals surface area contributed by atoms with Crippen LogP contribution in [0, 0.1) is 10.1 Å². The zero-order chi connectivity index (χ0) is 24.9. The Labute approximate surface area is 199 Å². The van der Waals surface area contributed by atoms with Crippen LogP contribution >= 0.6 is 0 Å². The first-order valence-electron chi connectivity index (χ1n) is 10.6. The lowest BCUT2D eigenvalue weighted by Gasteiger charge is -2.24. The molecule has 1 heterocycles. The van der Waals surface area contributed by atoms with Crippen LogP contribution in [-0.2, 0) is 20.7 Å². The van der Waals surface area contributed by atoms with Crippen LogP contribution in [0.25, 0.3) is 0 Å². The van der Waals surface area contributed by atoms with Gasteiger partial charge >= 0.3 is 5.97 Å². The number of benzene rings is 3. The smallest absolute Gasteiger partial charge is 0.330 e. The number of amides is 3. The largest absolute Gasteiger partial charge is 0.454 e. The third kappa shape index (κ3) is 5.06. The van der Waals surface area contributed by atoms with E-state index < -0.39 is 41.3 Å². The minimum atomic E-state index is -1.30. The summed E-state index contributed by atoms with van der Waals surface area (Å²) < 4.78 is 5.17. The Balaban J connectivity index is 1.50. The molecule has 0 fully saturated rings. The number of nitrogens with one attached hydrogen (secondary N) is 1. The van der Waals surface area contributed by atoms with Gasteiger partial charge in [-0.3, -0.25) is 29.4 Å². The van der Waals surface area contributed by atoms with Gasteiger partial charge in [0.25, 0.3) is 23.4 Å². The molecule has 3 aromatic rings. The van der Waals surface area contributed by atoms with Crippen molar-refractivity contribution in [3.05, 3.63) is 106 Å². The predicted molar refractivity (Wildman–Crippen MR) is 124 cm³/mol. The second-order valence-corrected chi connectivity index (χ2v) is 7.69. The summed E-state index contributed by atoms with van der Waals surface area (Å²) in [7, 11) is 0. The highest BCUT2D eigenvalue weighted by Crippen LogP contribution is 2.26. The number of rotatable bonds is 8. The van der Waals surface area contributed by atoms with Gasteiger partial charge < -0.3 is 10.1 Å². The van der Waals surface area contributed by atoms with Crippen molar-refractivity contribution in [3.8, 4) is 0 Å². The molecule has 0 bridgehead atoms. The standard InChI is InChI=1S/C25H19N3O7/c29-22(26-17-9-6-10-18(14-17)28(33)34)15-35-25(32)21(13-16-7-2-1-3-8-16)27-23(30)19-11-4-5-12-20(19)24(27)31/h1-12,14,21H,13,15H2,(H,26,29)/t21-/m1/s1. The summed E-state index contributed by atoms with van der Waals surface area (Å²) in [6.45, 7) is -0.712. The van der Waals surface area contributed by atoms with Crippen molar-refractivity contribution in [2.24, 2.45) is 0 Å². The number of carbonyl (C=O) groups excluding carboxylic acids is 4. The van der Waals surface area contributed by atoms with Crippen molar-refractivity contribution in [2.45, 2.75) is 12.5 Å². The summed E-state index contributed by atoms with van der Waals surface area (Å²) in [6.07, 6.45) is -0.00234.